The van der Waals surface area contributed by atoms with Crippen molar-refractivity contribution in [2.75, 3.05) is 0 Å². The summed E-state index contributed by atoms with van der Waals surface area (Å²) >= 11 is 0. The molecular weight excluding hydrogens is 361 g/mol. The van der Waals surface area contributed by atoms with Gasteiger partial charge >= 0.3 is 0 Å². The fourth-order valence-corrected chi connectivity index (χ4v) is 2.77. The van der Waals surface area contributed by atoms with Crippen LogP contribution >= 0.6 is 0 Å². The minimum absolute atomic E-state index is 0.154. The molecule has 3 amide bonds. The van der Waals surface area contributed by atoms with Crippen molar-refractivity contribution >= 4 is 17.7 Å². The molecule has 0 aliphatic heterocycles. The number of rotatable bonds is 8. The summed E-state index contributed by atoms with van der Waals surface area (Å²) in [4.78, 5) is 36.0. The average Bonchev–Trinajstić information content (AvgIpc) is 2.63. The van der Waals surface area contributed by atoms with Crippen LogP contribution in [0.25, 0.3) is 0 Å². The minimum Gasteiger partial charge on any atom is -0.368 e. The summed E-state index contributed by atoms with van der Waals surface area (Å²) < 4.78 is 13.1. The van der Waals surface area contributed by atoms with Crippen molar-refractivity contribution in [2.24, 2.45) is 5.73 Å². The van der Waals surface area contributed by atoms with Crippen LogP contribution in [0.4, 0.5) is 4.39 Å². The lowest BCUT2D eigenvalue weighted by atomic mass is 10.0. The molecule has 0 unspecified atom stereocenters. The summed E-state index contributed by atoms with van der Waals surface area (Å²) in [6.07, 6.45) is 0.395. The third-order valence-electron chi connectivity index (χ3n) is 4.27. The third kappa shape index (κ3) is 6.50. The van der Waals surface area contributed by atoms with Crippen molar-refractivity contribution in [1.82, 2.24) is 10.6 Å². The smallest absolute Gasteiger partial charge is 0.243 e. The van der Waals surface area contributed by atoms with Crippen molar-refractivity contribution in [1.29, 1.82) is 0 Å². The van der Waals surface area contributed by atoms with Crippen LogP contribution in [-0.2, 0) is 27.2 Å². The molecule has 2 atom stereocenters. The molecule has 0 saturated heterocycles. The largest absolute Gasteiger partial charge is 0.368 e. The maximum Gasteiger partial charge on any atom is 0.243 e. The van der Waals surface area contributed by atoms with E-state index in [1.165, 1.54) is 31.2 Å². The number of halogens is 1. The molecule has 0 heterocycles. The molecule has 2 aromatic carbocycles. The molecule has 0 bridgehead atoms. The molecular formula is C21H24FN3O3. The second-order valence-corrected chi connectivity index (χ2v) is 6.74. The van der Waals surface area contributed by atoms with E-state index in [-0.39, 0.29) is 12.8 Å². The molecule has 7 heteroatoms. The Balaban J connectivity index is 2.11. The first-order valence-corrected chi connectivity index (χ1v) is 8.91. The summed E-state index contributed by atoms with van der Waals surface area (Å²) in [7, 11) is 0. The number of amides is 3. The monoisotopic (exact) mass is 385 g/mol. The normalized spacial score (nSPS) is 12.7. The molecule has 0 saturated carbocycles. The van der Waals surface area contributed by atoms with E-state index >= 15 is 0 Å². The molecule has 0 radical (unpaired) electrons. The molecule has 4 N–H and O–H groups in total. The van der Waals surface area contributed by atoms with Crippen molar-refractivity contribution in [2.45, 2.75) is 38.8 Å². The Morgan fingerprint density at radius 2 is 1.39 bits per heavy atom. The quantitative estimate of drug-likeness (QED) is 0.640. The Hall–Kier alpha value is -3.22. The van der Waals surface area contributed by atoms with E-state index in [0.717, 1.165) is 11.1 Å². The highest BCUT2D eigenvalue weighted by molar-refractivity contribution is 5.91. The lowest BCUT2D eigenvalue weighted by Crippen LogP contribution is -2.54. The molecule has 0 fully saturated rings. The van der Waals surface area contributed by atoms with E-state index in [1.807, 2.05) is 31.2 Å². The van der Waals surface area contributed by atoms with E-state index in [0.29, 0.717) is 5.56 Å². The molecule has 6 nitrogen and oxygen atoms in total. The van der Waals surface area contributed by atoms with Gasteiger partial charge in [-0.15, -0.1) is 0 Å². The predicted molar refractivity (Wildman–Crippen MR) is 104 cm³/mol. The van der Waals surface area contributed by atoms with E-state index in [4.69, 9.17) is 5.73 Å². The standard InChI is InChI=1S/C21H24FN3O3/c1-13-3-5-15(6-4-13)11-18(20(23)27)25-21(28)19(24-14(2)26)12-16-7-9-17(22)10-8-16/h3-10,18-19H,11-12H2,1-2H3,(H2,23,27)(H,24,26)(H,25,28)/t18-,19-/m0/s1. The van der Waals surface area contributed by atoms with Gasteiger partial charge in [0.15, 0.2) is 0 Å². The maximum absolute atomic E-state index is 13.1. The Kier molecular flexibility index (Phi) is 7.26. The fourth-order valence-electron chi connectivity index (χ4n) is 2.77. The van der Waals surface area contributed by atoms with Crippen molar-refractivity contribution in [3.05, 3.63) is 71.0 Å². The number of hydrogen-bond donors (Lipinski definition) is 3. The first-order valence-electron chi connectivity index (χ1n) is 8.91. The number of nitrogens with two attached hydrogens (primary N) is 1. The molecule has 0 aromatic heterocycles. The fraction of sp³-hybridized carbons (Fsp3) is 0.286. The lowest BCUT2D eigenvalue weighted by molar-refractivity contribution is -0.130. The first kappa shape index (κ1) is 21.1. The average molecular weight is 385 g/mol. The van der Waals surface area contributed by atoms with Gasteiger partial charge < -0.3 is 16.4 Å². The number of benzene rings is 2. The van der Waals surface area contributed by atoms with Crippen LogP contribution in [0.1, 0.15) is 23.6 Å². The Bertz CT molecular complexity index is 835. The number of nitrogens with one attached hydrogen (secondary N) is 2. The highest BCUT2D eigenvalue weighted by atomic mass is 19.1. The van der Waals surface area contributed by atoms with Crippen LogP contribution in [0.3, 0.4) is 0 Å². The minimum atomic E-state index is -0.917. The van der Waals surface area contributed by atoms with Crippen LogP contribution in [0, 0.1) is 12.7 Å². The van der Waals surface area contributed by atoms with Gasteiger partial charge in [-0.25, -0.2) is 4.39 Å². The number of carbonyl (C=O) groups is 3. The zero-order valence-corrected chi connectivity index (χ0v) is 15.9. The molecule has 2 aromatic rings. The zero-order valence-electron chi connectivity index (χ0n) is 15.9. The highest BCUT2D eigenvalue weighted by Crippen LogP contribution is 2.09. The zero-order chi connectivity index (χ0) is 20.7. The van der Waals surface area contributed by atoms with Gasteiger partial charge in [-0.05, 0) is 30.2 Å². The SMILES string of the molecule is CC(=O)N[C@@H](Cc1ccc(F)cc1)C(=O)N[C@@H](Cc1ccc(C)cc1)C(N)=O. The van der Waals surface area contributed by atoms with Gasteiger partial charge in [0.2, 0.25) is 17.7 Å². The first-order chi connectivity index (χ1) is 13.2. The van der Waals surface area contributed by atoms with Crippen LogP contribution in [0.2, 0.25) is 0 Å². The van der Waals surface area contributed by atoms with Crippen LogP contribution < -0.4 is 16.4 Å². The Morgan fingerprint density at radius 3 is 1.89 bits per heavy atom. The molecule has 28 heavy (non-hydrogen) atoms. The highest BCUT2D eigenvalue weighted by Gasteiger charge is 2.25. The molecule has 0 aliphatic rings. The Morgan fingerprint density at radius 1 is 0.893 bits per heavy atom. The molecule has 148 valence electrons. The number of carbonyl (C=O) groups excluding carboxylic acids is 3. The van der Waals surface area contributed by atoms with Gasteiger partial charge in [-0.2, -0.15) is 0 Å². The topological polar surface area (TPSA) is 101 Å². The van der Waals surface area contributed by atoms with Gasteiger partial charge in [-0.1, -0.05) is 42.0 Å². The lowest BCUT2D eigenvalue weighted by Gasteiger charge is -2.22. The number of hydrogen-bond acceptors (Lipinski definition) is 3. The number of primary amides is 1. The second-order valence-electron chi connectivity index (χ2n) is 6.74. The maximum atomic E-state index is 13.1. The summed E-state index contributed by atoms with van der Waals surface area (Å²) in [5.74, 6) is -1.99. The van der Waals surface area contributed by atoms with E-state index in [1.54, 1.807) is 0 Å². The molecule has 2 rings (SSSR count). The van der Waals surface area contributed by atoms with Gasteiger partial charge in [0.1, 0.15) is 17.9 Å². The van der Waals surface area contributed by atoms with Gasteiger partial charge in [0.05, 0.1) is 0 Å². The van der Waals surface area contributed by atoms with E-state index in [9.17, 15) is 18.8 Å². The van der Waals surface area contributed by atoms with Gasteiger partial charge in [0, 0.05) is 19.8 Å². The summed E-state index contributed by atoms with van der Waals surface area (Å²) in [5.41, 5.74) is 8.05. The van der Waals surface area contributed by atoms with Gasteiger partial charge in [-0.3, -0.25) is 14.4 Å². The van der Waals surface area contributed by atoms with Gasteiger partial charge in [0.25, 0.3) is 0 Å². The van der Waals surface area contributed by atoms with E-state index < -0.39 is 35.6 Å². The Labute approximate surface area is 163 Å². The van der Waals surface area contributed by atoms with Crippen molar-refractivity contribution in [3.8, 4) is 0 Å². The van der Waals surface area contributed by atoms with Crippen molar-refractivity contribution in [3.63, 3.8) is 0 Å². The third-order valence-corrected chi connectivity index (χ3v) is 4.27. The summed E-state index contributed by atoms with van der Waals surface area (Å²) in [5, 5.41) is 5.18. The summed E-state index contributed by atoms with van der Waals surface area (Å²) in [6.45, 7) is 3.24. The van der Waals surface area contributed by atoms with Crippen LogP contribution in [-0.4, -0.2) is 29.8 Å². The second kappa shape index (κ2) is 9.64. The van der Waals surface area contributed by atoms with Crippen LogP contribution in [0.5, 0.6) is 0 Å². The van der Waals surface area contributed by atoms with Crippen LogP contribution in [0.15, 0.2) is 48.5 Å². The molecule has 0 spiro atoms. The number of aryl methyl sites for hydroxylation is 1. The predicted octanol–water partition coefficient (Wildman–Crippen LogP) is 1.39. The van der Waals surface area contributed by atoms with Crippen molar-refractivity contribution < 1.29 is 18.8 Å². The molecule has 0 aliphatic carbocycles. The van der Waals surface area contributed by atoms with E-state index in [2.05, 4.69) is 10.6 Å². The summed E-state index contributed by atoms with van der Waals surface area (Å²) in [6, 6.07) is 11.3.